The highest BCUT2D eigenvalue weighted by Gasteiger charge is 2.35. The van der Waals surface area contributed by atoms with E-state index >= 15 is 0 Å². The van der Waals surface area contributed by atoms with E-state index in [1.165, 1.54) is 18.2 Å². The third-order valence-corrected chi connectivity index (χ3v) is 3.01. The highest BCUT2D eigenvalue weighted by molar-refractivity contribution is 5.60. The third-order valence-electron chi connectivity index (χ3n) is 3.01. The molecular formula is C13H9F3N4O2. The average molecular weight is 310 g/mol. The number of hydrogen-bond donors (Lipinski definition) is 1. The smallest absolute Gasteiger partial charge is 0.397 e. The summed E-state index contributed by atoms with van der Waals surface area (Å²) in [5, 5.41) is 8.74. The first-order valence-corrected chi connectivity index (χ1v) is 5.87. The maximum Gasteiger partial charge on any atom is 0.431 e. The summed E-state index contributed by atoms with van der Waals surface area (Å²) >= 11 is 0. The quantitative estimate of drug-likeness (QED) is 0.795. The number of anilines is 1. The van der Waals surface area contributed by atoms with Gasteiger partial charge in [0.2, 0.25) is 0 Å². The molecule has 0 amide bonds. The summed E-state index contributed by atoms with van der Waals surface area (Å²) in [5.74, 6) is 0. The van der Waals surface area contributed by atoms with Gasteiger partial charge in [-0.15, -0.1) is 0 Å². The van der Waals surface area contributed by atoms with Gasteiger partial charge in [-0.3, -0.25) is 9.36 Å². The van der Waals surface area contributed by atoms with Crippen LogP contribution in [-0.4, -0.2) is 9.13 Å². The molecule has 1 heterocycles. The van der Waals surface area contributed by atoms with Crippen molar-refractivity contribution in [1.29, 1.82) is 5.26 Å². The monoisotopic (exact) mass is 310 g/mol. The third kappa shape index (κ3) is 2.46. The fourth-order valence-corrected chi connectivity index (χ4v) is 1.95. The van der Waals surface area contributed by atoms with Crippen molar-refractivity contribution in [2.24, 2.45) is 7.05 Å². The SMILES string of the molecule is Cn1c(C(F)(F)F)cc(=O)n(-c2ccc(C#N)cc2N)c1=O. The van der Waals surface area contributed by atoms with E-state index in [9.17, 15) is 22.8 Å². The van der Waals surface area contributed by atoms with E-state index in [0.717, 1.165) is 7.05 Å². The summed E-state index contributed by atoms with van der Waals surface area (Å²) in [7, 11) is 0.904. The Kier molecular flexibility index (Phi) is 3.54. The Morgan fingerprint density at radius 2 is 1.86 bits per heavy atom. The Balaban J connectivity index is 2.80. The summed E-state index contributed by atoms with van der Waals surface area (Å²) < 4.78 is 39.1. The number of nitrogens with two attached hydrogens (primary N) is 1. The second kappa shape index (κ2) is 5.07. The van der Waals surface area contributed by atoms with E-state index in [1.54, 1.807) is 0 Å². The van der Waals surface area contributed by atoms with Crippen molar-refractivity contribution < 1.29 is 13.2 Å². The molecule has 0 saturated heterocycles. The number of hydrogen-bond acceptors (Lipinski definition) is 4. The van der Waals surface area contributed by atoms with Gasteiger partial charge < -0.3 is 5.73 Å². The number of alkyl halides is 3. The normalized spacial score (nSPS) is 11.2. The number of rotatable bonds is 1. The molecule has 0 fully saturated rings. The molecule has 22 heavy (non-hydrogen) atoms. The van der Waals surface area contributed by atoms with Crippen molar-refractivity contribution in [3.8, 4) is 11.8 Å². The highest BCUT2D eigenvalue weighted by Crippen LogP contribution is 2.27. The lowest BCUT2D eigenvalue weighted by molar-refractivity contribution is -0.144. The van der Waals surface area contributed by atoms with Gasteiger partial charge >= 0.3 is 11.9 Å². The minimum Gasteiger partial charge on any atom is -0.397 e. The maximum absolute atomic E-state index is 12.8. The number of nitrogens with zero attached hydrogens (tertiary/aromatic N) is 3. The zero-order chi connectivity index (χ0) is 16.7. The van der Waals surface area contributed by atoms with Crippen LogP contribution in [0.4, 0.5) is 18.9 Å². The van der Waals surface area contributed by atoms with Crippen LogP contribution in [0.25, 0.3) is 5.69 Å². The van der Waals surface area contributed by atoms with Gasteiger partial charge in [0.1, 0.15) is 5.69 Å². The average Bonchev–Trinajstić information content (AvgIpc) is 2.43. The number of halogens is 3. The van der Waals surface area contributed by atoms with Crippen molar-refractivity contribution in [2.75, 3.05) is 5.73 Å². The molecule has 0 saturated carbocycles. The van der Waals surface area contributed by atoms with E-state index in [2.05, 4.69) is 0 Å². The molecule has 0 radical (unpaired) electrons. The van der Waals surface area contributed by atoms with Crippen LogP contribution in [0.3, 0.4) is 0 Å². The minimum absolute atomic E-state index is 0.0713. The van der Waals surface area contributed by atoms with Crippen LogP contribution < -0.4 is 17.0 Å². The van der Waals surface area contributed by atoms with Crippen LogP contribution in [0.5, 0.6) is 0 Å². The van der Waals surface area contributed by atoms with Crippen LogP contribution in [0.15, 0.2) is 33.9 Å². The number of benzene rings is 1. The van der Waals surface area contributed by atoms with Gasteiger partial charge in [-0.05, 0) is 18.2 Å². The molecular weight excluding hydrogens is 301 g/mol. The van der Waals surface area contributed by atoms with Crippen LogP contribution >= 0.6 is 0 Å². The zero-order valence-corrected chi connectivity index (χ0v) is 11.2. The van der Waals surface area contributed by atoms with Crippen molar-refractivity contribution in [3.05, 3.63) is 56.4 Å². The van der Waals surface area contributed by atoms with Gasteiger partial charge in [0.05, 0.1) is 23.0 Å². The van der Waals surface area contributed by atoms with Gasteiger partial charge in [-0.1, -0.05) is 0 Å². The van der Waals surface area contributed by atoms with Gasteiger partial charge in [0.15, 0.2) is 0 Å². The molecule has 1 aromatic carbocycles. The Morgan fingerprint density at radius 1 is 1.23 bits per heavy atom. The zero-order valence-electron chi connectivity index (χ0n) is 11.2. The Labute approximate surface area is 121 Å². The second-order valence-corrected chi connectivity index (χ2v) is 4.43. The molecule has 2 aromatic rings. The van der Waals surface area contributed by atoms with Crippen molar-refractivity contribution >= 4 is 5.69 Å². The molecule has 0 aliphatic heterocycles. The van der Waals surface area contributed by atoms with Gasteiger partial charge in [-0.25, -0.2) is 9.36 Å². The number of nitrogen functional groups attached to an aromatic ring is 1. The molecule has 1 aromatic heterocycles. The van der Waals surface area contributed by atoms with E-state index in [-0.39, 0.29) is 16.9 Å². The van der Waals surface area contributed by atoms with Gasteiger partial charge in [0.25, 0.3) is 5.56 Å². The molecule has 2 N–H and O–H groups in total. The van der Waals surface area contributed by atoms with E-state index < -0.39 is 23.1 Å². The molecule has 114 valence electrons. The summed E-state index contributed by atoms with van der Waals surface area (Å²) in [6.07, 6.45) is -4.83. The second-order valence-electron chi connectivity index (χ2n) is 4.43. The van der Waals surface area contributed by atoms with E-state index in [0.29, 0.717) is 15.2 Å². The summed E-state index contributed by atoms with van der Waals surface area (Å²) in [6, 6.07) is 5.88. The van der Waals surface area contributed by atoms with Gasteiger partial charge in [-0.2, -0.15) is 18.4 Å². The molecule has 0 aliphatic carbocycles. The maximum atomic E-state index is 12.8. The Morgan fingerprint density at radius 3 is 2.36 bits per heavy atom. The van der Waals surface area contributed by atoms with E-state index in [4.69, 9.17) is 11.0 Å². The minimum atomic E-state index is -4.83. The molecule has 9 heteroatoms. The summed E-state index contributed by atoms with van der Waals surface area (Å²) in [4.78, 5) is 24.0. The number of nitriles is 1. The van der Waals surface area contributed by atoms with E-state index in [1.807, 2.05) is 6.07 Å². The van der Waals surface area contributed by atoms with Crippen LogP contribution in [0.1, 0.15) is 11.3 Å². The highest BCUT2D eigenvalue weighted by atomic mass is 19.4. The fourth-order valence-electron chi connectivity index (χ4n) is 1.95. The largest absolute Gasteiger partial charge is 0.431 e. The van der Waals surface area contributed by atoms with Crippen molar-refractivity contribution in [3.63, 3.8) is 0 Å². The lowest BCUT2D eigenvalue weighted by Crippen LogP contribution is -2.41. The molecule has 0 spiro atoms. The molecule has 0 atom stereocenters. The first kappa shape index (κ1) is 15.4. The number of aromatic nitrogens is 2. The van der Waals surface area contributed by atoms with Crippen LogP contribution in [-0.2, 0) is 13.2 Å². The molecule has 0 unspecified atom stereocenters. The van der Waals surface area contributed by atoms with Crippen LogP contribution in [0, 0.1) is 11.3 Å². The predicted octanol–water partition coefficient (Wildman–Crippen LogP) is 1.01. The lowest BCUT2D eigenvalue weighted by Gasteiger charge is -2.14. The molecule has 0 aliphatic rings. The first-order chi connectivity index (χ1) is 10.2. The topological polar surface area (TPSA) is 93.8 Å². The first-order valence-electron chi connectivity index (χ1n) is 5.87. The lowest BCUT2D eigenvalue weighted by atomic mass is 10.2. The molecule has 2 rings (SSSR count). The van der Waals surface area contributed by atoms with Crippen molar-refractivity contribution in [2.45, 2.75) is 6.18 Å². The fraction of sp³-hybridized carbons (Fsp3) is 0.154. The summed E-state index contributed by atoms with van der Waals surface area (Å²) in [6.45, 7) is 0. The van der Waals surface area contributed by atoms with Gasteiger partial charge in [0, 0.05) is 13.1 Å². The Hall–Kier alpha value is -3.02. The standard InChI is InChI=1S/C13H9F3N4O2/c1-19-10(13(14,15)16)5-11(21)20(12(19)22)9-3-2-7(6-17)4-8(9)18/h2-5H,18H2,1H3. The van der Waals surface area contributed by atoms with Crippen molar-refractivity contribution in [1.82, 2.24) is 9.13 Å². The van der Waals surface area contributed by atoms with Crippen LogP contribution in [0.2, 0.25) is 0 Å². The Bertz CT molecular complexity index is 903. The predicted molar refractivity (Wildman–Crippen MR) is 71.4 cm³/mol. The summed E-state index contributed by atoms with van der Waals surface area (Å²) in [5.41, 5.74) is 2.00. The molecule has 6 nitrogen and oxygen atoms in total. The molecule has 0 bridgehead atoms.